The molecule has 10 heteroatoms. The van der Waals surface area contributed by atoms with Crippen molar-refractivity contribution in [2.24, 2.45) is 5.73 Å². The van der Waals surface area contributed by atoms with E-state index in [2.05, 4.69) is 23.3 Å². The van der Waals surface area contributed by atoms with E-state index in [0.29, 0.717) is 19.4 Å². The van der Waals surface area contributed by atoms with Gasteiger partial charge in [0.2, 0.25) is 17.7 Å². The van der Waals surface area contributed by atoms with Gasteiger partial charge in [-0.25, -0.2) is 4.79 Å². The van der Waals surface area contributed by atoms with Gasteiger partial charge in [0.1, 0.15) is 12.1 Å². The van der Waals surface area contributed by atoms with Gasteiger partial charge in [0, 0.05) is 12.3 Å². The van der Waals surface area contributed by atoms with Crippen molar-refractivity contribution < 1.29 is 24.3 Å². The van der Waals surface area contributed by atoms with Crippen molar-refractivity contribution in [3.8, 4) is 0 Å². The summed E-state index contributed by atoms with van der Waals surface area (Å²) in [4.78, 5) is 47.4. The molecule has 22 heavy (non-hydrogen) atoms. The summed E-state index contributed by atoms with van der Waals surface area (Å²) >= 11 is 3.87. The Morgan fingerprint density at radius 3 is 2.59 bits per heavy atom. The van der Waals surface area contributed by atoms with Crippen LogP contribution in [0.5, 0.6) is 0 Å². The largest absolute Gasteiger partial charge is 0.480 e. The van der Waals surface area contributed by atoms with Crippen molar-refractivity contribution in [3.63, 3.8) is 0 Å². The zero-order chi connectivity index (χ0) is 16.7. The van der Waals surface area contributed by atoms with E-state index in [1.54, 1.807) is 0 Å². The van der Waals surface area contributed by atoms with Crippen LogP contribution in [-0.4, -0.2) is 71.2 Å². The van der Waals surface area contributed by atoms with Gasteiger partial charge in [-0.3, -0.25) is 14.4 Å². The second kappa shape index (κ2) is 8.59. The average Bonchev–Trinajstić information content (AvgIpc) is 2.98. The molecule has 0 spiro atoms. The van der Waals surface area contributed by atoms with Crippen molar-refractivity contribution in [1.82, 2.24) is 15.5 Å². The number of carbonyl (C=O) groups is 4. The average molecular weight is 332 g/mol. The second-order valence-electron chi connectivity index (χ2n) is 4.81. The van der Waals surface area contributed by atoms with Crippen LogP contribution in [0.15, 0.2) is 0 Å². The van der Waals surface area contributed by atoms with Crippen LogP contribution in [0.25, 0.3) is 0 Å². The fourth-order valence-corrected chi connectivity index (χ4v) is 2.39. The molecule has 0 aromatic carbocycles. The fourth-order valence-electron chi connectivity index (χ4n) is 2.14. The highest BCUT2D eigenvalue weighted by Gasteiger charge is 2.35. The van der Waals surface area contributed by atoms with E-state index in [0.717, 1.165) is 0 Å². The van der Waals surface area contributed by atoms with Gasteiger partial charge < -0.3 is 26.4 Å². The highest BCUT2D eigenvalue weighted by Crippen LogP contribution is 2.17. The van der Waals surface area contributed by atoms with Gasteiger partial charge in [-0.05, 0) is 12.8 Å². The quantitative estimate of drug-likeness (QED) is 0.328. The number of likely N-dealkylation sites (tertiary alicyclic amines) is 1. The number of carboxylic acid groups (broad SMARTS) is 1. The number of amides is 3. The lowest BCUT2D eigenvalue weighted by atomic mass is 10.2. The predicted molar refractivity (Wildman–Crippen MR) is 80.2 cm³/mol. The van der Waals surface area contributed by atoms with E-state index in [-0.39, 0.29) is 18.8 Å². The van der Waals surface area contributed by atoms with E-state index in [1.807, 2.05) is 0 Å². The van der Waals surface area contributed by atoms with Crippen molar-refractivity contribution >= 4 is 36.3 Å². The minimum atomic E-state index is -1.19. The van der Waals surface area contributed by atoms with Gasteiger partial charge in [0.25, 0.3) is 0 Å². The molecule has 1 fully saturated rings. The molecule has 0 aromatic rings. The minimum absolute atomic E-state index is 0.0473. The van der Waals surface area contributed by atoms with Crippen LogP contribution < -0.4 is 16.4 Å². The first-order valence-corrected chi connectivity index (χ1v) is 7.44. The smallest absolute Gasteiger partial charge is 0.327 e. The number of aliphatic carboxylic acids is 1. The summed E-state index contributed by atoms with van der Waals surface area (Å²) < 4.78 is 0. The molecule has 124 valence electrons. The standard InChI is InChI=1S/C12H20N4O5S/c13-4-9(17)14-5-10(18)16-3-1-2-8(16)11(19)15-7(6-22)12(20)21/h7-8,22H,1-6,13H2,(H,14,17)(H,15,19)(H,20,21). The third-order valence-corrected chi connectivity index (χ3v) is 3.66. The molecule has 0 aliphatic carbocycles. The first-order valence-electron chi connectivity index (χ1n) is 6.81. The van der Waals surface area contributed by atoms with Gasteiger partial charge in [0.05, 0.1) is 13.1 Å². The van der Waals surface area contributed by atoms with Crippen molar-refractivity contribution in [3.05, 3.63) is 0 Å². The Morgan fingerprint density at radius 2 is 2.05 bits per heavy atom. The summed E-state index contributed by atoms with van der Waals surface area (Å²) in [5.41, 5.74) is 5.12. The number of nitrogens with zero attached hydrogens (tertiary/aromatic N) is 1. The molecular weight excluding hydrogens is 312 g/mol. The Labute approximate surface area is 133 Å². The van der Waals surface area contributed by atoms with E-state index in [4.69, 9.17) is 10.8 Å². The Hall–Kier alpha value is -1.81. The van der Waals surface area contributed by atoms with Crippen LogP contribution in [-0.2, 0) is 19.2 Å². The number of hydrogen-bond donors (Lipinski definition) is 5. The Balaban J connectivity index is 2.61. The van der Waals surface area contributed by atoms with Crippen molar-refractivity contribution in [2.75, 3.05) is 25.4 Å². The maximum Gasteiger partial charge on any atom is 0.327 e. The lowest BCUT2D eigenvalue weighted by Crippen LogP contribution is -2.53. The molecule has 0 saturated carbocycles. The summed E-state index contributed by atoms with van der Waals surface area (Å²) in [7, 11) is 0. The van der Waals surface area contributed by atoms with Gasteiger partial charge in [0.15, 0.2) is 0 Å². The normalized spacial score (nSPS) is 18.6. The van der Waals surface area contributed by atoms with E-state index in [9.17, 15) is 19.2 Å². The van der Waals surface area contributed by atoms with Gasteiger partial charge in [-0.15, -0.1) is 0 Å². The summed E-state index contributed by atoms with van der Waals surface area (Å²) in [5.74, 6) is -2.63. The zero-order valence-corrected chi connectivity index (χ0v) is 12.8. The Kier molecular flexibility index (Phi) is 7.12. The molecule has 1 heterocycles. The zero-order valence-electron chi connectivity index (χ0n) is 11.9. The molecule has 1 aliphatic rings. The third-order valence-electron chi connectivity index (χ3n) is 3.30. The van der Waals surface area contributed by atoms with Crippen LogP contribution >= 0.6 is 12.6 Å². The molecule has 2 atom stereocenters. The van der Waals surface area contributed by atoms with Crippen molar-refractivity contribution in [1.29, 1.82) is 0 Å². The summed E-state index contributed by atoms with van der Waals surface area (Å²) in [6.45, 7) is -0.0812. The number of hydrogen-bond acceptors (Lipinski definition) is 6. The van der Waals surface area contributed by atoms with E-state index < -0.39 is 35.8 Å². The minimum Gasteiger partial charge on any atom is -0.480 e. The number of carbonyl (C=O) groups excluding carboxylic acids is 3. The summed E-state index contributed by atoms with van der Waals surface area (Å²) in [6.07, 6.45) is 1.08. The van der Waals surface area contributed by atoms with E-state index in [1.165, 1.54) is 4.90 Å². The molecule has 5 N–H and O–H groups in total. The lowest BCUT2D eigenvalue weighted by Gasteiger charge is -2.25. The van der Waals surface area contributed by atoms with Gasteiger partial charge in [-0.2, -0.15) is 12.6 Å². The van der Waals surface area contributed by atoms with Gasteiger partial charge in [-0.1, -0.05) is 0 Å². The topological polar surface area (TPSA) is 142 Å². The summed E-state index contributed by atoms with van der Waals surface area (Å²) in [5, 5.41) is 13.6. The van der Waals surface area contributed by atoms with Crippen LogP contribution in [0.2, 0.25) is 0 Å². The molecule has 1 saturated heterocycles. The maximum atomic E-state index is 12.1. The molecule has 0 aromatic heterocycles. The molecule has 0 radical (unpaired) electrons. The number of carboxylic acids is 1. The highest BCUT2D eigenvalue weighted by molar-refractivity contribution is 7.80. The molecule has 1 rings (SSSR count). The molecular formula is C12H20N4O5S. The summed E-state index contributed by atoms with van der Waals surface area (Å²) in [6, 6.07) is -1.84. The lowest BCUT2D eigenvalue weighted by molar-refractivity contribution is -0.143. The fraction of sp³-hybridized carbons (Fsp3) is 0.667. The van der Waals surface area contributed by atoms with Gasteiger partial charge >= 0.3 is 5.97 Å². The van der Waals surface area contributed by atoms with Crippen LogP contribution in [0.3, 0.4) is 0 Å². The SMILES string of the molecule is NCC(=O)NCC(=O)N1CCCC1C(=O)NC(CS)C(=O)O. The van der Waals surface area contributed by atoms with Crippen LogP contribution in [0.1, 0.15) is 12.8 Å². The monoisotopic (exact) mass is 332 g/mol. The molecule has 0 bridgehead atoms. The molecule has 3 amide bonds. The first-order chi connectivity index (χ1) is 10.4. The predicted octanol–water partition coefficient (Wildman–Crippen LogP) is -2.45. The van der Waals surface area contributed by atoms with Crippen LogP contribution in [0, 0.1) is 0 Å². The Bertz CT molecular complexity index is 459. The molecule has 1 aliphatic heterocycles. The number of nitrogens with two attached hydrogens (primary N) is 1. The molecule has 9 nitrogen and oxygen atoms in total. The maximum absolute atomic E-state index is 12.1. The number of rotatable bonds is 7. The first kappa shape index (κ1) is 18.2. The highest BCUT2D eigenvalue weighted by atomic mass is 32.1. The third kappa shape index (κ3) is 4.88. The van der Waals surface area contributed by atoms with E-state index >= 15 is 0 Å². The number of thiol groups is 1. The Morgan fingerprint density at radius 1 is 1.36 bits per heavy atom. The molecule has 2 unspecified atom stereocenters. The van der Waals surface area contributed by atoms with Crippen molar-refractivity contribution in [2.45, 2.75) is 24.9 Å². The van der Waals surface area contributed by atoms with Crippen LogP contribution in [0.4, 0.5) is 0 Å². The number of nitrogens with one attached hydrogen (secondary N) is 2. The second-order valence-corrected chi connectivity index (χ2v) is 5.17.